The standard InChI is InChI=1S/C15H12FN3S/c1-10(11-5-4-6-12(16)9-11)18-19-15-17-13-7-2-3-8-14(13)20-15/h2-9H,1H3,(H,17,19)/b18-10-. The molecule has 0 aliphatic heterocycles. The minimum atomic E-state index is -0.267. The van der Waals surface area contributed by atoms with Crippen molar-refractivity contribution in [2.24, 2.45) is 5.10 Å². The van der Waals surface area contributed by atoms with Crippen LogP contribution in [-0.2, 0) is 0 Å². The van der Waals surface area contributed by atoms with E-state index in [-0.39, 0.29) is 5.82 Å². The second-order valence-electron chi connectivity index (χ2n) is 4.31. The van der Waals surface area contributed by atoms with Gasteiger partial charge in [0.1, 0.15) is 5.82 Å². The van der Waals surface area contributed by atoms with E-state index < -0.39 is 0 Å². The Morgan fingerprint density at radius 1 is 1.20 bits per heavy atom. The van der Waals surface area contributed by atoms with E-state index >= 15 is 0 Å². The van der Waals surface area contributed by atoms with Crippen molar-refractivity contribution < 1.29 is 4.39 Å². The molecule has 0 saturated heterocycles. The Morgan fingerprint density at radius 3 is 2.85 bits per heavy atom. The summed E-state index contributed by atoms with van der Waals surface area (Å²) in [5, 5.41) is 4.97. The van der Waals surface area contributed by atoms with Gasteiger partial charge in [0, 0.05) is 5.56 Å². The number of halogens is 1. The van der Waals surface area contributed by atoms with Crippen molar-refractivity contribution in [1.82, 2.24) is 4.98 Å². The van der Waals surface area contributed by atoms with Crippen molar-refractivity contribution in [1.29, 1.82) is 0 Å². The van der Waals surface area contributed by atoms with E-state index in [2.05, 4.69) is 15.5 Å². The largest absolute Gasteiger partial charge is 0.252 e. The molecule has 1 aromatic heterocycles. The highest BCUT2D eigenvalue weighted by molar-refractivity contribution is 7.22. The zero-order valence-corrected chi connectivity index (χ0v) is 11.6. The molecule has 0 aliphatic carbocycles. The first kappa shape index (κ1) is 12.7. The molecule has 0 unspecified atom stereocenters. The van der Waals surface area contributed by atoms with Crippen LogP contribution in [0, 0.1) is 5.82 Å². The van der Waals surface area contributed by atoms with E-state index in [1.807, 2.05) is 37.3 Å². The van der Waals surface area contributed by atoms with Gasteiger partial charge >= 0.3 is 0 Å². The van der Waals surface area contributed by atoms with E-state index in [1.54, 1.807) is 6.07 Å². The van der Waals surface area contributed by atoms with Gasteiger partial charge in [-0.2, -0.15) is 5.10 Å². The Balaban J connectivity index is 1.82. The second kappa shape index (κ2) is 5.38. The van der Waals surface area contributed by atoms with Crippen molar-refractivity contribution in [2.75, 3.05) is 5.43 Å². The summed E-state index contributed by atoms with van der Waals surface area (Å²) in [6.07, 6.45) is 0. The Morgan fingerprint density at radius 2 is 2.05 bits per heavy atom. The van der Waals surface area contributed by atoms with Gasteiger partial charge in [0.25, 0.3) is 0 Å². The van der Waals surface area contributed by atoms with Crippen molar-refractivity contribution in [3.63, 3.8) is 0 Å². The number of nitrogens with zero attached hydrogens (tertiary/aromatic N) is 2. The number of thiazole rings is 1. The number of hydrogen-bond donors (Lipinski definition) is 1. The molecular formula is C15H12FN3S. The SMILES string of the molecule is C/C(=N/Nc1nc2ccccc2s1)c1cccc(F)c1. The fourth-order valence-corrected chi connectivity index (χ4v) is 2.64. The van der Waals surface area contributed by atoms with Gasteiger partial charge in [-0.3, -0.25) is 5.43 Å². The van der Waals surface area contributed by atoms with Gasteiger partial charge in [-0.15, -0.1) is 0 Å². The lowest BCUT2D eigenvalue weighted by atomic mass is 10.1. The van der Waals surface area contributed by atoms with Crippen LogP contribution in [0.15, 0.2) is 53.6 Å². The summed E-state index contributed by atoms with van der Waals surface area (Å²) in [7, 11) is 0. The van der Waals surface area contributed by atoms with Crippen LogP contribution in [-0.4, -0.2) is 10.7 Å². The molecule has 0 aliphatic rings. The van der Waals surface area contributed by atoms with Crippen LogP contribution in [0.3, 0.4) is 0 Å². The number of rotatable bonds is 3. The van der Waals surface area contributed by atoms with Crippen molar-refractivity contribution in [3.05, 3.63) is 59.9 Å². The number of anilines is 1. The highest BCUT2D eigenvalue weighted by Crippen LogP contribution is 2.25. The third-order valence-electron chi connectivity index (χ3n) is 2.86. The van der Waals surface area contributed by atoms with E-state index in [0.717, 1.165) is 20.9 Å². The number of benzene rings is 2. The van der Waals surface area contributed by atoms with Gasteiger partial charge in [0.05, 0.1) is 15.9 Å². The third kappa shape index (κ3) is 2.67. The first-order valence-electron chi connectivity index (χ1n) is 6.14. The lowest BCUT2D eigenvalue weighted by Crippen LogP contribution is -1.99. The van der Waals surface area contributed by atoms with Gasteiger partial charge in [0.2, 0.25) is 5.13 Å². The zero-order valence-electron chi connectivity index (χ0n) is 10.8. The normalized spacial score (nSPS) is 11.8. The van der Waals surface area contributed by atoms with Crippen molar-refractivity contribution in [2.45, 2.75) is 6.92 Å². The lowest BCUT2D eigenvalue weighted by Gasteiger charge is -2.01. The number of fused-ring (bicyclic) bond motifs is 1. The van der Waals surface area contributed by atoms with E-state index in [0.29, 0.717) is 5.71 Å². The van der Waals surface area contributed by atoms with Crippen molar-refractivity contribution >= 4 is 32.4 Å². The Kier molecular flexibility index (Phi) is 3.43. The Labute approximate surface area is 119 Å². The smallest absolute Gasteiger partial charge is 0.204 e. The molecular weight excluding hydrogens is 273 g/mol. The minimum absolute atomic E-state index is 0.267. The quantitative estimate of drug-likeness (QED) is 0.576. The van der Waals surface area contributed by atoms with Crippen LogP contribution >= 0.6 is 11.3 Å². The maximum atomic E-state index is 13.1. The predicted molar refractivity (Wildman–Crippen MR) is 81.9 cm³/mol. The predicted octanol–water partition coefficient (Wildman–Crippen LogP) is 4.27. The lowest BCUT2D eigenvalue weighted by molar-refractivity contribution is 0.627. The minimum Gasteiger partial charge on any atom is -0.252 e. The van der Waals surface area contributed by atoms with Crippen LogP contribution in [0.1, 0.15) is 12.5 Å². The first-order valence-corrected chi connectivity index (χ1v) is 6.96. The van der Waals surface area contributed by atoms with Crippen LogP contribution in [0.2, 0.25) is 0 Å². The molecule has 3 nitrogen and oxygen atoms in total. The molecule has 3 aromatic rings. The summed E-state index contributed by atoms with van der Waals surface area (Å²) in [4.78, 5) is 4.42. The third-order valence-corrected chi connectivity index (χ3v) is 3.80. The number of aromatic nitrogens is 1. The van der Waals surface area contributed by atoms with Crippen LogP contribution < -0.4 is 5.43 Å². The summed E-state index contributed by atoms with van der Waals surface area (Å²) < 4.78 is 14.2. The number of hydrazone groups is 1. The molecule has 0 saturated carbocycles. The summed E-state index contributed by atoms with van der Waals surface area (Å²) in [5.74, 6) is -0.267. The van der Waals surface area contributed by atoms with Gasteiger partial charge in [0.15, 0.2) is 0 Å². The van der Waals surface area contributed by atoms with Crippen LogP contribution in [0.4, 0.5) is 9.52 Å². The molecule has 0 spiro atoms. The highest BCUT2D eigenvalue weighted by Gasteiger charge is 2.03. The van der Waals surface area contributed by atoms with Crippen LogP contribution in [0.5, 0.6) is 0 Å². The maximum absolute atomic E-state index is 13.1. The van der Waals surface area contributed by atoms with Gasteiger partial charge in [-0.05, 0) is 31.2 Å². The average molecular weight is 285 g/mol. The number of para-hydroxylation sites is 1. The Bertz CT molecular complexity index is 746. The Hall–Kier alpha value is -2.27. The number of nitrogens with one attached hydrogen (secondary N) is 1. The molecule has 0 bridgehead atoms. The van der Waals surface area contributed by atoms with Crippen molar-refractivity contribution in [3.8, 4) is 0 Å². The molecule has 3 rings (SSSR count). The molecule has 0 atom stereocenters. The number of hydrogen-bond acceptors (Lipinski definition) is 4. The fraction of sp³-hybridized carbons (Fsp3) is 0.0667. The summed E-state index contributed by atoms with van der Waals surface area (Å²) in [5.41, 5.74) is 5.33. The molecule has 0 radical (unpaired) electrons. The molecule has 100 valence electrons. The molecule has 0 amide bonds. The van der Waals surface area contributed by atoms with E-state index in [4.69, 9.17) is 0 Å². The molecule has 2 aromatic carbocycles. The van der Waals surface area contributed by atoms with E-state index in [9.17, 15) is 4.39 Å². The second-order valence-corrected chi connectivity index (χ2v) is 5.34. The summed E-state index contributed by atoms with van der Waals surface area (Å²) in [6.45, 7) is 1.83. The summed E-state index contributed by atoms with van der Waals surface area (Å²) in [6, 6.07) is 14.3. The molecule has 1 N–H and O–H groups in total. The first-order chi connectivity index (χ1) is 9.72. The van der Waals surface area contributed by atoms with Gasteiger partial charge in [-0.25, -0.2) is 9.37 Å². The van der Waals surface area contributed by atoms with Crippen LogP contribution in [0.25, 0.3) is 10.2 Å². The monoisotopic (exact) mass is 285 g/mol. The molecule has 1 heterocycles. The average Bonchev–Trinajstić information content (AvgIpc) is 2.87. The van der Waals surface area contributed by atoms with E-state index in [1.165, 1.54) is 23.5 Å². The van der Waals surface area contributed by atoms with Gasteiger partial charge in [-0.1, -0.05) is 35.6 Å². The summed E-state index contributed by atoms with van der Waals surface area (Å²) >= 11 is 1.53. The fourth-order valence-electron chi connectivity index (χ4n) is 1.83. The molecule has 5 heteroatoms. The topological polar surface area (TPSA) is 37.3 Å². The van der Waals surface area contributed by atoms with Gasteiger partial charge < -0.3 is 0 Å². The highest BCUT2D eigenvalue weighted by atomic mass is 32.1. The molecule has 0 fully saturated rings. The molecule has 20 heavy (non-hydrogen) atoms. The zero-order chi connectivity index (χ0) is 13.9. The maximum Gasteiger partial charge on any atom is 0.204 e.